The van der Waals surface area contributed by atoms with Crippen molar-refractivity contribution in [2.24, 2.45) is 0 Å². The average molecular weight is 436 g/mol. The number of nitrogens with zero attached hydrogens (tertiary/aromatic N) is 1. The summed E-state index contributed by atoms with van der Waals surface area (Å²) in [7, 11) is 4.48. The van der Waals surface area contributed by atoms with Crippen LogP contribution in [0.4, 0.5) is 5.69 Å². The third-order valence-electron chi connectivity index (χ3n) is 5.44. The molecule has 4 rings (SSSR count). The van der Waals surface area contributed by atoms with Crippen LogP contribution in [0.5, 0.6) is 17.2 Å². The van der Waals surface area contributed by atoms with E-state index in [1.807, 2.05) is 18.2 Å². The third-order valence-corrected chi connectivity index (χ3v) is 5.44. The van der Waals surface area contributed by atoms with E-state index in [0.717, 1.165) is 17.5 Å². The van der Waals surface area contributed by atoms with Gasteiger partial charge in [0.1, 0.15) is 0 Å². The molecule has 0 atom stereocenters. The average Bonchev–Trinajstić information content (AvgIpc) is 3.36. The number of hydrogen-bond acceptors (Lipinski definition) is 6. The molecule has 0 saturated heterocycles. The van der Waals surface area contributed by atoms with Crippen LogP contribution < -0.4 is 19.5 Å². The van der Waals surface area contributed by atoms with Gasteiger partial charge in [-0.1, -0.05) is 6.07 Å². The van der Waals surface area contributed by atoms with Crippen LogP contribution in [0.1, 0.15) is 32.0 Å². The zero-order valence-electron chi connectivity index (χ0n) is 18.1. The van der Waals surface area contributed by atoms with Crippen molar-refractivity contribution >= 4 is 17.5 Å². The van der Waals surface area contributed by atoms with Gasteiger partial charge in [-0.3, -0.25) is 9.59 Å². The van der Waals surface area contributed by atoms with Crippen molar-refractivity contribution in [1.29, 1.82) is 0 Å². The van der Waals surface area contributed by atoms with E-state index in [1.165, 1.54) is 27.6 Å². The summed E-state index contributed by atoms with van der Waals surface area (Å²) >= 11 is 0. The largest absolute Gasteiger partial charge is 0.493 e. The first kappa shape index (κ1) is 21.3. The lowest BCUT2D eigenvalue weighted by atomic mass is 9.98. The molecule has 8 heteroatoms. The summed E-state index contributed by atoms with van der Waals surface area (Å²) in [6.45, 7) is 1.05. The number of carbonyl (C=O) groups excluding carboxylic acids is 2. The standard InChI is InChI=1S/C24H24N2O6/c1-29-19-9-8-18(21(30-2)22(19)31-3)23(27)25-17-7-6-15-10-11-26(14-16(15)13-17)24(28)20-5-4-12-32-20/h4-9,12-13H,10-11,14H2,1-3H3,(H,25,27). The zero-order valence-corrected chi connectivity index (χ0v) is 18.1. The molecule has 1 N–H and O–H groups in total. The predicted octanol–water partition coefficient (Wildman–Crippen LogP) is 3.76. The van der Waals surface area contributed by atoms with Gasteiger partial charge in [0.05, 0.1) is 33.2 Å². The van der Waals surface area contributed by atoms with Crippen molar-refractivity contribution in [3.05, 3.63) is 71.2 Å². The van der Waals surface area contributed by atoms with Gasteiger partial charge in [0.2, 0.25) is 5.75 Å². The minimum absolute atomic E-state index is 0.148. The van der Waals surface area contributed by atoms with E-state index in [9.17, 15) is 9.59 Å². The summed E-state index contributed by atoms with van der Waals surface area (Å²) in [6, 6.07) is 12.4. The van der Waals surface area contributed by atoms with Gasteiger partial charge in [-0.25, -0.2) is 0 Å². The third kappa shape index (κ3) is 3.99. The molecule has 0 aliphatic carbocycles. The number of hydrogen-bond donors (Lipinski definition) is 1. The number of carbonyl (C=O) groups is 2. The Hall–Kier alpha value is -3.94. The Morgan fingerprint density at radius 3 is 2.47 bits per heavy atom. The van der Waals surface area contributed by atoms with Crippen LogP contribution in [0.3, 0.4) is 0 Å². The smallest absolute Gasteiger partial charge is 0.289 e. The molecule has 1 aromatic heterocycles. The highest BCUT2D eigenvalue weighted by atomic mass is 16.5. The Labute approximate surface area is 185 Å². The van der Waals surface area contributed by atoms with E-state index in [4.69, 9.17) is 18.6 Å². The molecule has 2 heterocycles. The Morgan fingerprint density at radius 2 is 1.78 bits per heavy atom. The predicted molar refractivity (Wildman–Crippen MR) is 118 cm³/mol. The maximum atomic E-state index is 13.0. The fourth-order valence-corrected chi connectivity index (χ4v) is 3.84. The van der Waals surface area contributed by atoms with Crippen molar-refractivity contribution in [3.63, 3.8) is 0 Å². The summed E-state index contributed by atoms with van der Waals surface area (Å²) in [5.74, 6) is 0.930. The lowest BCUT2D eigenvalue weighted by Crippen LogP contribution is -2.35. The fourth-order valence-electron chi connectivity index (χ4n) is 3.84. The highest BCUT2D eigenvalue weighted by molar-refractivity contribution is 6.07. The Bertz CT molecular complexity index is 1140. The van der Waals surface area contributed by atoms with Crippen molar-refractivity contribution in [2.45, 2.75) is 13.0 Å². The van der Waals surface area contributed by atoms with Crippen LogP contribution >= 0.6 is 0 Å². The first-order valence-corrected chi connectivity index (χ1v) is 10.1. The second kappa shape index (κ2) is 9.05. The summed E-state index contributed by atoms with van der Waals surface area (Å²) in [6.07, 6.45) is 2.22. The van der Waals surface area contributed by atoms with Crippen LogP contribution in [-0.4, -0.2) is 44.6 Å². The van der Waals surface area contributed by atoms with Crippen LogP contribution in [0.25, 0.3) is 0 Å². The van der Waals surface area contributed by atoms with Crippen LogP contribution in [0, 0.1) is 0 Å². The molecule has 0 bridgehead atoms. The van der Waals surface area contributed by atoms with Crippen LogP contribution in [-0.2, 0) is 13.0 Å². The second-order valence-corrected chi connectivity index (χ2v) is 7.27. The SMILES string of the molecule is COc1ccc(C(=O)Nc2ccc3c(c2)CN(C(=O)c2ccco2)CC3)c(OC)c1OC. The summed E-state index contributed by atoms with van der Waals surface area (Å²) in [4.78, 5) is 27.4. The van der Waals surface area contributed by atoms with E-state index in [1.54, 1.807) is 29.2 Å². The van der Waals surface area contributed by atoms with Gasteiger partial charge in [0, 0.05) is 18.8 Å². The second-order valence-electron chi connectivity index (χ2n) is 7.27. The lowest BCUT2D eigenvalue weighted by Gasteiger charge is -2.28. The number of furan rings is 1. The molecule has 0 fully saturated rings. The normalized spacial score (nSPS) is 12.7. The molecule has 0 saturated carbocycles. The van der Waals surface area contributed by atoms with Gasteiger partial charge < -0.3 is 28.8 Å². The maximum Gasteiger partial charge on any atom is 0.289 e. The van der Waals surface area contributed by atoms with Gasteiger partial charge in [-0.15, -0.1) is 0 Å². The Kier molecular flexibility index (Phi) is 6.02. The Morgan fingerprint density at radius 1 is 0.969 bits per heavy atom. The molecular weight excluding hydrogens is 412 g/mol. The molecule has 2 amide bonds. The molecule has 0 spiro atoms. The van der Waals surface area contributed by atoms with Crippen LogP contribution in [0.15, 0.2) is 53.1 Å². The minimum atomic E-state index is -0.345. The number of anilines is 1. The Balaban J connectivity index is 1.55. The van der Waals surface area contributed by atoms with Gasteiger partial charge >= 0.3 is 0 Å². The van der Waals surface area contributed by atoms with E-state index >= 15 is 0 Å². The number of benzene rings is 2. The summed E-state index contributed by atoms with van der Waals surface area (Å²) < 4.78 is 21.3. The maximum absolute atomic E-state index is 13.0. The number of nitrogens with one attached hydrogen (secondary N) is 1. The van der Waals surface area contributed by atoms with Gasteiger partial charge in [-0.05, 0) is 53.9 Å². The van der Waals surface area contributed by atoms with Crippen molar-refractivity contribution < 1.29 is 28.2 Å². The zero-order chi connectivity index (χ0) is 22.7. The molecule has 0 radical (unpaired) electrons. The number of rotatable bonds is 6. The molecule has 32 heavy (non-hydrogen) atoms. The molecule has 1 aliphatic rings. The topological polar surface area (TPSA) is 90.2 Å². The molecule has 166 valence electrons. The first-order chi connectivity index (χ1) is 15.5. The number of ether oxygens (including phenoxy) is 3. The first-order valence-electron chi connectivity index (χ1n) is 10.1. The van der Waals surface area contributed by atoms with Crippen molar-refractivity contribution in [3.8, 4) is 17.2 Å². The van der Waals surface area contributed by atoms with E-state index < -0.39 is 0 Å². The monoisotopic (exact) mass is 436 g/mol. The van der Waals surface area contributed by atoms with E-state index in [0.29, 0.717) is 41.6 Å². The molecule has 0 unspecified atom stereocenters. The highest BCUT2D eigenvalue weighted by Crippen LogP contribution is 2.40. The van der Waals surface area contributed by atoms with E-state index in [-0.39, 0.29) is 17.6 Å². The minimum Gasteiger partial charge on any atom is -0.493 e. The lowest BCUT2D eigenvalue weighted by molar-refractivity contribution is 0.0702. The van der Waals surface area contributed by atoms with Crippen molar-refractivity contribution in [1.82, 2.24) is 4.90 Å². The van der Waals surface area contributed by atoms with Gasteiger partial charge in [0.25, 0.3) is 11.8 Å². The molecule has 1 aliphatic heterocycles. The fraction of sp³-hybridized carbons (Fsp3) is 0.250. The molecular formula is C24H24N2O6. The summed E-state index contributed by atoms with van der Waals surface area (Å²) in [5, 5.41) is 2.91. The van der Waals surface area contributed by atoms with Gasteiger partial charge in [0.15, 0.2) is 17.3 Å². The highest BCUT2D eigenvalue weighted by Gasteiger charge is 2.25. The molecule has 8 nitrogen and oxygen atoms in total. The number of fused-ring (bicyclic) bond motifs is 1. The van der Waals surface area contributed by atoms with Crippen LogP contribution in [0.2, 0.25) is 0 Å². The van der Waals surface area contributed by atoms with E-state index in [2.05, 4.69) is 5.32 Å². The molecule has 3 aromatic rings. The number of methoxy groups -OCH3 is 3. The van der Waals surface area contributed by atoms with Gasteiger partial charge in [-0.2, -0.15) is 0 Å². The quantitative estimate of drug-likeness (QED) is 0.633. The molecule has 2 aromatic carbocycles. The van der Waals surface area contributed by atoms with Crippen molar-refractivity contribution in [2.75, 3.05) is 33.2 Å². The number of amides is 2. The summed E-state index contributed by atoms with van der Waals surface area (Å²) in [5.41, 5.74) is 3.07.